The number of aliphatic hydroxyl groups is 7. The zero-order chi connectivity index (χ0) is 52.2. The molecule has 0 aromatic carbocycles. The van der Waals surface area contributed by atoms with Crippen molar-refractivity contribution in [3.8, 4) is 0 Å². The number of unbranched alkanes of at least 4 members (excludes halogenated alkanes) is 29. The van der Waals surface area contributed by atoms with Gasteiger partial charge in [-0.15, -0.1) is 0 Å². The van der Waals surface area contributed by atoms with Crippen LogP contribution in [0.4, 0.5) is 0 Å². The van der Waals surface area contributed by atoms with Crippen molar-refractivity contribution in [3.05, 3.63) is 48.6 Å². The summed E-state index contributed by atoms with van der Waals surface area (Å²) >= 11 is 0. The zero-order valence-corrected chi connectivity index (χ0v) is 45.5. The normalized spacial score (nSPS) is 22.0. The van der Waals surface area contributed by atoms with E-state index in [9.17, 15) is 50.0 Å². The van der Waals surface area contributed by atoms with Gasteiger partial charge in [-0.25, -0.2) is 4.57 Å². The second-order valence-corrected chi connectivity index (χ2v) is 21.7. The van der Waals surface area contributed by atoms with Crippen LogP contribution in [0, 0.1) is 0 Å². The van der Waals surface area contributed by atoms with Gasteiger partial charge in [-0.3, -0.25) is 13.8 Å². The molecule has 8 atom stereocenters. The fraction of sp³-hybridized carbons (Fsp3) is 0.842. The minimum Gasteiger partial charge on any atom is -0.393 e. The summed E-state index contributed by atoms with van der Waals surface area (Å²) in [7, 11) is -5.16. The van der Waals surface area contributed by atoms with Crippen molar-refractivity contribution < 1.29 is 59.0 Å². The summed E-state index contributed by atoms with van der Waals surface area (Å²) in [5, 5.41) is 74.8. The van der Waals surface area contributed by atoms with Gasteiger partial charge in [0.15, 0.2) is 0 Å². The van der Waals surface area contributed by atoms with E-state index in [-0.39, 0.29) is 6.42 Å². The molecule has 1 saturated carbocycles. The van der Waals surface area contributed by atoms with Gasteiger partial charge >= 0.3 is 7.82 Å². The first-order valence-corrected chi connectivity index (χ1v) is 30.2. The Morgan fingerprint density at radius 2 is 0.831 bits per heavy atom. The maximum absolute atomic E-state index is 13.1. The van der Waals surface area contributed by atoms with Crippen LogP contribution in [-0.2, 0) is 18.4 Å². The van der Waals surface area contributed by atoms with Crippen LogP contribution >= 0.6 is 7.82 Å². The summed E-state index contributed by atoms with van der Waals surface area (Å²) in [5.41, 5.74) is 0. The average Bonchev–Trinajstić information content (AvgIpc) is 3.35. The van der Waals surface area contributed by atoms with E-state index in [1.165, 1.54) is 147 Å². The van der Waals surface area contributed by atoms with Crippen molar-refractivity contribution in [1.29, 1.82) is 0 Å². The molecule has 0 radical (unpaired) electrons. The van der Waals surface area contributed by atoms with Crippen molar-refractivity contribution >= 4 is 13.7 Å². The highest BCUT2D eigenvalue weighted by Gasteiger charge is 2.51. The summed E-state index contributed by atoms with van der Waals surface area (Å²) in [6.45, 7) is 3.76. The third-order valence-electron chi connectivity index (χ3n) is 13.6. The van der Waals surface area contributed by atoms with E-state index in [1.54, 1.807) is 6.08 Å². The second-order valence-electron chi connectivity index (χ2n) is 20.3. The summed E-state index contributed by atoms with van der Waals surface area (Å²) in [6, 6.07) is -1.27. The first-order chi connectivity index (χ1) is 34.3. The Labute approximate surface area is 431 Å². The summed E-state index contributed by atoms with van der Waals surface area (Å²) in [5.74, 6) is -0.610. The van der Waals surface area contributed by atoms with Crippen LogP contribution in [0.15, 0.2) is 48.6 Å². The molecule has 71 heavy (non-hydrogen) atoms. The maximum Gasteiger partial charge on any atom is 0.472 e. The number of rotatable bonds is 48. The highest BCUT2D eigenvalue weighted by atomic mass is 31.2. The molecular formula is C57H106NO12P. The van der Waals surface area contributed by atoms with Crippen molar-refractivity contribution in [2.45, 2.75) is 300 Å². The average molecular weight is 1030 g/mol. The van der Waals surface area contributed by atoms with E-state index in [0.29, 0.717) is 19.3 Å². The third-order valence-corrected chi connectivity index (χ3v) is 14.6. The van der Waals surface area contributed by atoms with E-state index in [1.807, 2.05) is 0 Å². The Morgan fingerprint density at radius 1 is 0.493 bits per heavy atom. The molecule has 1 aliphatic carbocycles. The predicted molar refractivity (Wildman–Crippen MR) is 289 cm³/mol. The van der Waals surface area contributed by atoms with Gasteiger partial charge in [0.2, 0.25) is 5.91 Å². The molecule has 1 fully saturated rings. The van der Waals surface area contributed by atoms with Crippen LogP contribution in [0.2, 0.25) is 0 Å². The minimum atomic E-state index is -5.16. The number of allylic oxidation sites excluding steroid dienone is 7. The van der Waals surface area contributed by atoms with E-state index >= 15 is 0 Å². The first kappa shape index (κ1) is 67.3. The van der Waals surface area contributed by atoms with Gasteiger partial charge in [-0.05, 0) is 70.6 Å². The Bertz CT molecular complexity index is 1400. The van der Waals surface area contributed by atoms with Crippen LogP contribution in [-0.4, -0.2) is 108 Å². The summed E-state index contributed by atoms with van der Waals surface area (Å²) in [6.07, 6.45) is 43.4. The minimum absolute atomic E-state index is 0.262. The Morgan fingerprint density at radius 3 is 1.24 bits per heavy atom. The molecule has 0 aromatic rings. The largest absolute Gasteiger partial charge is 0.472 e. The van der Waals surface area contributed by atoms with Crippen molar-refractivity contribution in [3.63, 3.8) is 0 Å². The molecule has 9 N–H and O–H groups in total. The molecule has 13 nitrogen and oxygen atoms in total. The fourth-order valence-electron chi connectivity index (χ4n) is 8.97. The molecule has 1 rings (SSSR count). The van der Waals surface area contributed by atoms with Crippen LogP contribution in [0.5, 0.6) is 0 Å². The zero-order valence-electron chi connectivity index (χ0n) is 44.6. The van der Waals surface area contributed by atoms with E-state index < -0.39 is 75.2 Å². The van der Waals surface area contributed by atoms with Gasteiger partial charge in [-0.1, -0.05) is 217 Å². The number of phosphoric ester groups is 1. The predicted octanol–water partition coefficient (Wildman–Crippen LogP) is 11.8. The number of phosphoric acid groups is 1. The lowest BCUT2D eigenvalue weighted by Gasteiger charge is -2.41. The molecule has 0 bridgehead atoms. The quantitative estimate of drug-likeness (QED) is 0.0158. The number of hydrogen-bond donors (Lipinski definition) is 9. The van der Waals surface area contributed by atoms with Crippen molar-refractivity contribution in [2.75, 3.05) is 6.61 Å². The number of nitrogens with one attached hydrogen (secondary N) is 1. The number of hydrogen-bond acceptors (Lipinski definition) is 11. The van der Waals surface area contributed by atoms with Gasteiger partial charge < -0.3 is 46.0 Å². The number of amides is 1. The van der Waals surface area contributed by atoms with E-state index in [0.717, 1.165) is 64.2 Å². The van der Waals surface area contributed by atoms with Gasteiger partial charge in [0.05, 0.1) is 31.3 Å². The van der Waals surface area contributed by atoms with E-state index in [4.69, 9.17) is 9.05 Å². The molecule has 0 heterocycles. The molecule has 8 unspecified atom stereocenters. The van der Waals surface area contributed by atoms with E-state index in [2.05, 4.69) is 55.6 Å². The fourth-order valence-corrected chi connectivity index (χ4v) is 9.94. The highest BCUT2D eigenvalue weighted by Crippen LogP contribution is 2.47. The maximum atomic E-state index is 13.1. The Kier molecular flexibility index (Phi) is 43.2. The van der Waals surface area contributed by atoms with Gasteiger partial charge in [0.1, 0.15) is 36.6 Å². The molecular weight excluding hydrogens is 922 g/mol. The topological polar surface area (TPSA) is 226 Å². The van der Waals surface area contributed by atoms with Gasteiger partial charge in [0.25, 0.3) is 0 Å². The third kappa shape index (κ3) is 36.8. The molecule has 1 aliphatic rings. The summed E-state index contributed by atoms with van der Waals surface area (Å²) < 4.78 is 23.0. The Hall–Kier alpha value is -1.74. The molecule has 1 amide bonds. The number of carbonyl (C=O) groups is 1. The van der Waals surface area contributed by atoms with Crippen molar-refractivity contribution in [1.82, 2.24) is 5.32 Å². The lowest BCUT2D eigenvalue weighted by molar-refractivity contribution is -0.220. The second kappa shape index (κ2) is 45.6. The first-order valence-electron chi connectivity index (χ1n) is 28.7. The SMILES string of the molecule is CCCCCCCCCCCC/C=C/CC/C=C/CC/C=C/C(O)C(COP(=O)(O)OC1C(O)C(O)C(O)C(O)C1O)NC(=O)CC(O)CCCCCCC/C=C\CCCCCCCCCCCCCC. The number of carbonyl (C=O) groups excluding carboxylic acids is 1. The smallest absolute Gasteiger partial charge is 0.393 e. The summed E-state index contributed by atoms with van der Waals surface area (Å²) in [4.78, 5) is 23.6. The molecule has 0 saturated heterocycles. The molecule has 416 valence electrons. The van der Waals surface area contributed by atoms with Crippen molar-refractivity contribution in [2.24, 2.45) is 0 Å². The van der Waals surface area contributed by atoms with Gasteiger partial charge in [-0.2, -0.15) is 0 Å². The molecule has 0 aromatic heterocycles. The van der Waals surface area contributed by atoms with Crippen LogP contribution in [0.3, 0.4) is 0 Å². The lowest BCUT2D eigenvalue weighted by atomic mass is 9.85. The lowest BCUT2D eigenvalue weighted by Crippen LogP contribution is -2.64. The van der Waals surface area contributed by atoms with Crippen LogP contribution < -0.4 is 5.32 Å². The molecule has 14 heteroatoms. The standard InChI is InChI=1S/C57H106NO12P/c1-3-5-7-9-11-13-15-17-19-21-23-25-26-28-30-32-34-36-38-40-42-44-48(59)46-51(61)58-49(47-69-71(67,68)70-57-55(65)53(63)52(62)54(64)56(57)66)50(60)45-43-41-39-37-35-33-31-29-27-24-22-20-18-16-14-12-10-8-6-4-2/h27-30,35,37,43,45,48-50,52-57,59-60,62-66H,3-26,31-34,36,38-42,44,46-47H2,1-2H3,(H,58,61)(H,67,68)/b29-27+,30-28-,37-35+,45-43+. The molecule has 0 spiro atoms. The number of aliphatic hydroxyl groups excluding tert-OH is 7. The van der Waals surface area contributed by atoms with Crippen LogP contribution in [0.25, 0.3) is 0 Å². The highest BCUT2D eigenvalue weighted by molar-refractivity contribution is 7.47. The Balaban J connectivity index is 2.46. The van der Waals surface area contributed by atoms with Crippen LogP contribution in [0.1, 0.15) is 245 Å². The van der Waals surface area contributed by atoms with Gasteiger partial charge in [0, 0.05) is 0 Å². The molecule has 0 aliphatic heterocycles. The monoisotopic (exact) mass is 1030 g/mol.